The maximum atomic E-state index is 13.3. The third-order valence-electron chi connectivity index (χ3n) is 5.87. The highest BCUT2D eigenvalue weighted by Gasteiger charge is 2.33. The molecule has 1 N–H and O–H groups in total. The lowest BCUT2D eigenvalue weighted by Gasteiger charge is -2.43. The summed E-state index contributed by atoms with van der Waals surface area (Å²) >= 11 is 0. The Morgan fingerprint density at radius 3 is 1.90 bits per heavy atom. The molecule has 3 aromatic rings. The van der Waals surface area contributed by atoms with E-state index in [1.165, 1.54) is 17.7 Å². The highest BCUT2D eigenvalue weighted by Crippen LogP contribution is 2.35. The summed E-state index contributed by atoms with van der Waals surface area (Å²) in [5.74, 6) is -0.257. The SMILES string of the molecule is CC(=O)N[C@H](c1ccccc1)[C@H](c1ccccc1)N1CCN(c2ccc(F)cc2)CC1. The van der Waals surface area contributed by atoms with Gasteiger partial charge in [-0.3, -0.25) is 9.69 Å². The molecular weight excluding hydrogens is 389 g/mol. The number of carbonyl (C=O) groups is 1. The van der Waals surface area contributed by atoms with Crippen molar-refractivity contribution in [1.82, 2.24) is 10.2 Å². The zero-order chi connectivity index (χ0) is 21.6. The van der Waals surface area contributed by atoms with Crippen LogP contribution in [0.15, 0.2) is 84.9 Å². The smallest absolute Gasteiger partial charge is 0.217 e. The fourth-order valence-corrected chi connectivity index (χ4v) is 4.40. The third kappa shape index (κ3) is 5.12. The molecule has 3 aromatic carbocycles. The summed E-state index contributed by atoms with van der Waals surface area (Å²) < 4.78 is 13.3. The van der Waals surface area contributed by atoms with Crippen LogP contribution in [0.2, 0.25) is 0 Å². The molecule has 160 valence electrons. The van der Waals surface area contributed by atoms with E-state index in [4.69, 9.17) is 0 Å². The van der Waals surface area contributed by atoms with Gasteiger partial charge in [0.1, 0.15) is 5.82 Å². The first-order valence-corrected chi connectivity index (χ1v) is 10.7. The molecule has 0 spiro atoms. The largest absolute Gasteiger partial charge is 0.369 e. The Kier molecular flexibility index (Phi) is 6.63. The van der Waals surface area contributed by atoms with Crippen molar-refractivity contribution in [2.45, 2.75) is 19.0 Å². The molecule has 0 aliphatic carbocycles. The summed E-state index contributed by atoms with van der Waals surface area (Å²) in [7, 11) is 0. The molecule has 0 bridgehead atoms. The molecule has 1 saturated heterocycles. The van der Waals surface area contributed by atoms with Crippen LogP contribution < -0.4 is 10.2 Å². The monoisotopic (exact) mass is 417 g/mol. The number of piperazine rings is 1. The van der Waals surface area contributed by atoms with E-state index in [-0.39, 0.29) is 23.8 Å². The number of amides is 1. The molecule has 0 radical (unpaired) electrons. The summed E-state index contributed by atoms with van der Waals surface area (Å²) in [5.41, 5.74) is 3.31. The van der Waals surface area contributed by atoms with Crippen LogP contribution in [0.3, 0.4) is 0 Å². The van der Waals surface area contributed by atoms with E-state index >= 15 is 0 Å². The lowest BCUT2D eigenvalue weighted by Crippen LogP contribution is -2.50. The van der Waals surface area contributed by atoms with E-state index in [0.717, 1.165) is 37.4 Å². The van der Waals surface area contributed by atoms with Gasteiger partial charge in [-0.15, -0.1) is 0 Å². The van der Waals surface area contributed by atoms with Gasteiger partial charge in [0.25, 0.3) is 0 Å². The van der Waals surface area contributed by atoms with Crippen LogP contribution in [0.4, 0.5) is 10.1 Å². The zero-order valence-electron chi connectivity index (χ0n) is 17.7. The molecule has 0 saturated carbocycles. The van der Waals surface area contributed by atoms with Crippen molar-refractivity contribution in [2.75, 3.05) is 31.1 Å². The summed E-state index contributed by atoms with van der Waals surface area (Å²) in [5, 5.41) is 3.21. The lowest BCUT2D eigenvalue weighted by molar-refractivity contribution is -0.120. The Bertz CT molecular complexity index is 971. The molecule has 31 heavy (non-hydrogen) atoms. The van der Waals surface area contributed by atoms with Crippen molar-refractivity contribution in [2.24, 2.45) is 0 Å². The second-order valence-corrected chi connectivity index (χ2v) is 7.94. The van der Waals surface area contributed by atoms with Crippen LogP contribution >= 0.6 is 0 Å². The topological polar surface area (TPSA) is 35.6 Å². The van der Waals surface area contributed by atoms with Crippen molar-refractivity contribution >= 4 is 11.6 Å². The number of benzene rings is 3. The van der Waals surface area contributed by atoms with Gasteiger partial charge in [-0.1, -0.05) is 60.7 Å². The molecule has 0 aromatic heterocycles. The van der Waals surface area contributed by atoms with Crippen LogP contribution in [0.1, 0.15) is 30.1 Å². The Balaban J connectivity index is 1.61. The van der Waals surface area contributed by atoms with Crippen molar-refractivity contribution in [3.8, 4) is 0 Å². The van der Waals surface area contributed by atoms with Crippen molar-refractivity contribution in [1.29, 1.82) is 0 Å². The average Bonchev–Trinajstić information content (AvgIpc) is 2.81. The minimum absolute atomic E-state index is 0.0165. The van der Waals surface area contributed by atoms with Gasteiger partial charge in [-0.05, 0) is 35.4 Å². The second kappa shape index (κ2) is 9.75. The molecule has 1 amide bonds. The number of rotatable bonds is 6. The van der Waals surface area contributed by atoms with E-state index in [9.17, 15) is 9.18 Å². The minimum atomic E-state index is -0.215. The van der Waals surface area contributed by atoms with Crippen molar-refractivity contribution in [3.05, 3.63) is 102 Å². The molecule has 1 heterocycles. The van der Waals surface area contributed by atoms with Gasteiger partial charge < -0.3 is 10.2 Å². The molecule has 4 nitrogen and oxygen atoms in total. The number of hydrogen-bond acceptors (Lipinski definition) is 3. The number of anilines is 1. The van der Waals surface area contributed by atoms with E-state index in [0.29, 0.717) is 0 Å². The predicted octanol–water partition coefficient (Wildman–Crippen LogP) is 4.57. The van der Waals surface area contributed by atoms with Gasteiger partial charge in [-0.25, -0.2) is 4.39 Å². The van der Waals surface area contributed by atoms with E-state index < -0.39 is 0 Å². The zero-order valence-corrected chi connectivity index (χ0v) is 17.7. The van der Waals surface area contributed by atoms with E-state index in [1.807, 2.05) is 48.5 Å². The van der Waals surface area contributed by atoms with Crippen LogP contribution in [0.5, 0.6) is 0 Å². The number of halogens is 1. The van der Waals surface area contributed by atoms with Gasteiger partial charge in [0.2, 0.25) is 5.91 Å². The fraction of sp³-hybridized carbons (Fsp3) is 0.269. The first kappa shape index (κ1) is 21.1. The second-order valence-electron chi connectivity index (χ2n) is 7.94. The molecule has 5 heteroatoms. The highest BCUT2D eigenvalue weighted by atomic mass is 19.1. The van der Waals surface area contributed by atoms with Crippen LogP contribution in [-0.4, -0.2) is 37.0 Å². The number of hydrogen-bond donors (Lipinski definition) is 1. The van der Waals surface area contributed by atoms with Gasteiger partial charge in [-0.2, -0.15) is 0 Å². The van der Waals surface area contributed by atoms with Crippen molar-refractivity contribution < 1.29 is 9.18 Å². The summed E-state index contributed by atoms with van der Waals surface area (Å²) in [6.07, 6.45) is 0. The molecule has 0 unspecified atom stereocenters. The number of nitrogens with zero attached hydrogens (tertiary/aromatic N) is 2. The molecule has 2 atom stereocenters. The van der Waals surface area contributed by atoms with Gasteiger partial charge in [0.05, 0.1) is 12.1 Å². The van der Waals surface area contributed by atoms with Gasteiger partial charge >= 0.3 is 0 Å². The molecular formula is C26H28FN3O. The minimum Gasteiger partial charge on any atom is -0.369 e. The lowest BCUT2D eigenvalue weighted by atomic mass is 9.91. The first-order chi connectivity index (χ1) is 15.1. The van der Waals surface area contributed by atoms with E-state index in [2.05, 4.69) is 39.4 Å². The maximum Gasteiger partial charge on any atom is 0.217 e. The molecule has 1 aliphatic rings. The Hall–Kier alpha value is -3.18. The van der Waals surface area contributed by atoms with Gasteiger partial charge in [0.15, 0.2) is 0 Å². The standard InChI is InChI=1S/C26H28FN3O/c1-20(31)28-25(21-8-4-2-5-9-21)26(22-10-6-3-7-11-22)30-18-16-29(17-19-30)24-14-12-23(27)13-15-24/h2-15,25-26H,16-19H2,1H3,(H,28,31)/t25-,26+/m1/s1. The average molecular weight is 418 g/mol. The fourth-order valence-electron chi connectivity index (χ4n) is 4.40. The predicted molar refractivity (Wildman–Crippen MR) is 122 cm³/mol. The highest BCUT2D eigenvalue weighted by molar-refractivity contribution is 5.73. The van der Waals surface area contributed by atoms with Crippen LogP contribution in [0, 0.1) is 5.82 Å². The summed E-state index contributed by atoms with van der Waals surface area (Å²) in [6.45, 7) is 4.96. The normalized spacial score (nSPS) is 16.5. The summed E-state index contributed by atoms with van der Waals surface area (Å²) in [4.78, 5) is 16.9. The number of carbonyl (C=O) groups excluding carboxylic acids is 1. The van der Waals surface area contributed by atoms with Gasteiger partial charge in [0, 0.05) is 38.8 Å². The molecule has 1 fully saturated rings. The molecule has 4 rings (SSSR count). The first-order valence-electron chi connectivity index (χ1n) is 10.7. The summed E-state index contributed by atoms with van der Waals surface area (Å²) in [6, 6.07) is 27.1. The maximum absolute atomic E-state index is 13.3. The molecule has 1 aliphatic heterocycles. The van der Waals surface area contributed by atoms with Crippen LogP contribution in [-0.2, 0) is 4.79 Å². The third-order valence-corrected chi connectivity index (χ3v) is 5.87. The number of nitrogens with one attached hydrogen (secondary N) is 1. The Labute approximate surface area is 183 Å². The Morgan fingerprint density at radius 1 is 0.806 bits per heavy atom. The Morgan fingerprint density at radius 2 is 1.35 bits per heavy atom. The van der Waals surface area contributed by atoms with Crippen LogP contribution in [0.25, 0.3) is 0 Å². The van der Waals surface area contributed by atoms with Crippen molar-refractivity contribution in [3.63, 3.8) is 0 Å². The quantitative estimate of drug-likeness (QED) is 0.638. The van der Waals surface area contributed by atoms with E-state index in [1.54, 1.807) is 6.92 Å².